The minimum atomic E-state index is 0.908. The van der Waals surface area contributed by atoms with Crippen LogP contribution in [-0.2, 0) is 0 Å². The Morgan fingerprint density at radius 2 is 2.19 bits per heavy atom. The third kappa shape index (κ3) is 1.80. The minimum absolute atomic E-state index is 0.908. The van der Waals surface area contributed by atoms with Gasteiger partial charge in [-0.2, -0.15) is 0 Å². The molecule has 0 amide bonds. The molecule has 16 heavy (non-hydrogen) atoms. The molecule has 0 aromatic carbocycles. The number of rotatable bonds is 1. The zero-order chi connectivity index (χ0) is 10.8. The second-order valence-electron chi connectivity index (χ2n) is 3.86. The normalized spacial score (nSPS) is 16.6. The number of pyridine rings is 1. The van der Waals surface area contributed by atoms with Crippen LogP contribution in [0.25, 0.3) is 10.2 Å². The average Bonchev–Trinajstić information content (AvgIpc) is 2.61. The lowest BCUT2D eigenvalue weighted by Gasteiger charge is -2.05. The average molecular weight is 231 g/mol. The van der Waals surface area contributed by atoms with E-state index in [1.807, 2.05) is 0 Å². The van der Waals surface area contributed by atoms with Gasteiger partial charge in [0.15, 0.2) is 0 Å². The van der Waals surface area contributed by atoms with Crippen molar-refractivity contribution in [1.82, 2.24) is 10.3 Å². The predicted octanol–water partition coefficient (Wildman–Crippen LogP) is 2.43. The van der Waals surface area contributed by atoms with E-state index in [0.29, 0.717) is 0 Å². The number of hydrogen-bond acceptors (Lipinski definition) is 4. The first-order valence-corrected chi connectivity index (χ1v) is 6.44. The Bertz CT molecular complexity index is 530. The summed E-state index contributed by atoms with van der Waals surface area (Å²) < 4.78 is 1.23. The first-order chi connectivity index (χ1) is 7.93. The highest BCUT2D eigenvalue weighted by Gasteiger charge is 2.08. The van der Waals surface area contributed by atoms with Crippen molar-refractivity contribution in [3.63, 3.8) is 0 Å². The fraction of sp³-hybridized carbons (Fsp3) is 0.333. The number of aromatic nitrogens is 1. The van der Waals surface area contributed by atoms with E-state index in [-0.39, 0.29) is 0 Å². The van der Waals surface area contributed by atoms with Crippen LogP contribution in [0, 0.1) is 0 Å². The molecule has 2 aromatic rings. The summed E-state index contributed by atoms with van der Waals surface area (Å²) in [6.45, 7) is 1.91. The van der Waals surface area contributed by atoms with E-state index in [1.165, 1.54) is 11.1 Å². The summed E-state index contributed by atoms with van der Waals surface area (Å²) in [5.74, 6) is 0.950. The summed E-state index contributed by atoms with van der Waals surface area (Å²) in [6, 6.07) is 6.23. The molecular formula is C12H13N3S. The van der Waals surface area contributed by atoms with Gasteiger partial charge in [-0.3, -0.25) is 4.99 Å². The molecule has 0 saturated heterocycles. The number of nitrogens with one attached hydrogen (secondary N) is 1. The zero-order valence-electron chi connectivity index (χ0n) is 8.94. The molecule has 1 aliphatic rings. The molecule has 2 aromatic heterocycles. The number of thiophene rings is 1. The van der Waals surface area contributed by atoms with Crippen LogP contribution in [0.4, 0.5) is 0 Å². The third-order valence-corrected chi connectivity index (χ3v) is 3.57. The maximum absolute atomic E-state index is 4.62. The van der Waals surface area contributed by atoms with Gasteiger partial charge in [-0.25, -0.2) is 4.98 Å². The highest BCUT2D eigenvalue weighted by atomic mass is 32.1. The van der Waals surface area contributed by atoms with Crippen LogP contribution in [0.3, 0.4) is 0 Å². The van der Waals surface area contributed by atoms with Gasteiger partial charge in [-0.1, -0.05) is 0 Å². The van der Waals surface area contributed by atoms with Crippen LogP contribution >= 0.6 is 11.3 Å². The van der Waals surface area contributed by atoms with Crippen LogP contribution < -0.4 is 5.32 Å². The fourth-order valence-electron chi connectivity index (χ4n) is 1.85. The van der Waals surface area contributed by atoms with E-state index in [9.17, 15) is 0 Å². The molecule has 0 spiro atoms. The molecule has 0 fully saturated rings. The molecule has 82 valence electrons. The Balaban J connectivity index is 2.00. The maximum Gasteiger partial charge on any atom is 0.147 e. The fourth-order valence-corrected chi connectivity index (χ4v) is 2.57. The Kier molecular flexibility index (Phi) is 2.58. The van der Waals surface area contributed by atoms with Crippen molar-refractivity contribution < 1.29 is 0 Å². The number of fused-ring (bicyclic) bond motifs is 1. The third-order valence-electron chi connectivity index (χ3n) is 2.70. The van der Waals surface area contributed by atoms with Gasteiger partial charge in [-0.15, -0.1) is 11.3 Å². The molecule has 0 radical (unpaired) electrons. The van der Waals surface area contributed by atoms with Crippen molar-refractivity contribution >= 4 is 27.4 Å². The van der Waals surface area contributed by atoms with Gasteiger partial charge in [0, 0.05) is 13.1 Å². The molecule has 4 heteroatoms. The summed E-state index contributed by atoms with van der Waals surface area (Å²) in [5, 5.41) is 5.42. The van der Waals surface area contributed by atoms with E-state index >= 15 is 0 Å². The van der Waals surface area contributed by atoms with Crippen LogP contribution in [0.5, 0.6) is 0 Å². The van der Waals surface area contributed by atoms with Crippen molar-refractivity contribution in [2.75, 3.05) is 13.1 Å². The van der Waals surface area contributed by atoms with Gasteiger partial charge < -0.3 is 5.32 Å². The number of aliphatic imine (C=N–C) groups is 1. The van der Waals surface area contributed by atoms with Gasteiger partial charge in [-0.05, 0) is 36.4 Å². The molecule has 0 unspecified atom stereocenters. The monoisotopic (exact) mass is 231 g/mol. The van der Waals surface area contributed by atoms with Crippen molar-refractivity contribution in [1.29, 1.82) is 0 Å². The smallest absolute Gasteiger partial charge is 0.147 e. The predicted molar refractivity (Wildman–Crippen MR) is 68.3 cm³/mol. The van der Waals surface area contributed by atoms with E-state index in [1.54, 1.807) is 11.3 Å². The molecule has 1 aliphatic heterocycles. The second kappa shape index (κ2) is 4.22. The van der Waals surface area contributed by atoms with Crippen LogP contribution in [0.2, 0.25) is 0 Å². The first-order valence-electron chi connectivity index (χ1n) is 5.56. The lowest BCUT2D eigenvalue weighted by molar-refractivity contribution is 0.749. The van der Waals surface area contributed by atoms with Crippen molar-refractivity contribution in [3.05, 3.63) is 29.3 Å². The van der Waals surface area contributed by atoms with E-state index < -0.39 is 0 Å². The SMILES string of the molecule is c1cc2nc(C3=NCCCCN3)ccc2s1. The molecule has 0 saturated carbocycles. The molecule has 3 heterocycles. The minimum Gasteiger partial charge on any atom is -0.369 e. The summed E-state index contributed by atoms with van der Waals surface area (Å²) >= 11 is 1.72. The van der Waals surface area contributed by atoms with Crippen LogP contribution in [0.1, 0.15) is 18.5 Å². The molecular weight excluding hydrogens is 218 g/mol. The highest BCUT2D eigenvalue weighted by molar-refractivity contribution is 7.17. The Labute approximate surface area is 98.2 Å². The number of hydrogen-bond donors (Lipinski definition) is 1. The molecule has 3 rings (SSSR count). The summed E-state index contributed by atoms with van der Waals surface area (Å²) in [4.78, 5) is 9.15. The molecule has 3 nitrogen and oxygen atoms in total. The highest BCUT2D eigenvalue weighted by Crippen LogP contribution is 2.19. The van der Waals surface area contributed by atoms with E-state index in [2.05, 4.69) is 38.9 Å². The van der Waals surface area contributed by atoms with Crippen LogP contribution in [-0.4, -0.2) is 23.9 Å². The zero-order valence-corrected chi connectivity index (χ0v) is 9.76. The van der Waals surface area contributed by atoms with Crippen molar-refractivity contribution in [3.8, 4) is 0 Å². The molecule has 0 atom stereocenters. The maximum atomic E-state index is 4.62. The molecule has 0 aliphatic carbocycles. The van der Waals surface area contributed by atoms with Gasteiger partial charge in [0.1, 0.15) is 11.5 Å². The molecule has 1 N–H and O–H groups in total. The van der Waals surface area contributed by atoms with Gasteiger partial charge in [0.2, 0.25) is 0 Å². The Morgan fingerprint density at radius 3 is 3.19 bits per heavy atom. The van der Waals surface area contributed by atoms with Gasteiger partial charge >= 0.3 is 0 Å². The largest absolute Gasteiger partial charge is 0.369 e. The number of nitrogens with zero attached hydrogens (tertiary/aromatic N) is 2. The van der Waals surface area contributed by atoms with E-state index in [4.69, 9.17) is 0 Å². The van der Waals surface area contributed by atoms with Gasteiger partial charge in [0.05, 0.1) is 10.2 Å². The number of amidine groups is 1. The van der Waals surface area contributed by atoms with Gasteiger partial charge in [0.25, 0.3) is 0 Å². The Morgan fingerprint density at radius 1 is 1.19 bits per heavy atom. The second-order valence-corrected chi connectivity index (χ2v) is 4.81. The quantitative estimate of drug-likeness (QED) is 0.818. The lowest BCUT2D eigenvalue weighted by Crippen LogP contribution is -2.25. The molecule has 0 bridgehead atoms. The van der Waals surface area contributed by atoms with Crippen molar-refractivity contribution in [2.24, 2.45) is 4.99 Å². The Hall–Kier alpha value is -1.42. The van der Waals surface area contributed by atoms with E-state index in [0.717, 1.165) is 36.6 Å². The first kappa shape index (κ1) is 9.78. The summed E-state index contributed by atoms with van der Waals surface area (Å²) in [5.41, 5.74) is 2.03. The topological polar surface area (TPSA) is 37.3 Å². The van der Waals surface area contributed by atoms with Crippen molar-refractivity contribution in [2.45, 2.75) is 12.8 Å². The summed E-state index contributed by atoms with van der Waals surface area (Å²) in [6.07, 6.45) is 2.35. The summed E-state index contributed by atoms with van der Waals surface area (Å²) in [7, 11) is 0. The van der Waals surface area contributed by atoms with Crippen LogP contribution in [0.15, 0.2) is 28.6 Å². The standard InChI is InChI=1S/C12H13N3S/c1-2-7-14-12(13-6-1)10-3-4-11-9(15-10)5-8-16-11/h3-5,8H,1-2,6-7H2,(H,13,14). The lowest BCUT2D eigenvalue weighted by atomic mass is 10.3.